The molecule has 0 rings (SSSR count). The van der Waals surface area contributed by atoms with Gasteiger partial charge in [0.2, 0.25) is 11.8 Å². The van der Waals surface area contributed by atoms with Crippen molar-refractivity contribution in [3.05, 3.63) is 0 Å². The summed E-state index contributed by atoms with van der Waals surface area (Å²) >= 11 is 0. The normalized spacial score (nSPS) is 9.86. The lowest BCUT2D eigenvalue weighted by Crippen LogP contribution is -2.38. The van der Waals surface area contributed by atoms with Gasteiger partial charge in [-0.3, -0.25) is 9.59 Å². The van der Waals surface area contributed by atoms with Gasteiger partial charge >= 0.3 is 0 Å². The molecule has 0 aromatic rings. The van der Waals surface area contributed by atoms with Crippen molar-refractivity contribution in [1.82, 2.24) is 4.90 Å². The van der Waals surface area contributed by atoms with Crippen LogP contribution in [-0.4, -0.2) is 29.8 Å². The Morgan fingerprint density at radius 1 is 1.21 bits per heavy atom. The highest BCUT2D eigenvalue weighted by atomic mass is 16.2. The summed E-state index contributed by atoms with van der Waals surface area (Å²) < 4.78 is 0. The molecule has 0 atom stereocenters. The number of hydrogen-bond acceptors (Lipinski definition) is 2. The highest BCUT2D eigenvalue weighted by molar-refractivity contribution is 5.83. The van der Waals surface area contributed by atoms with Crippen LogP contribution in [0, 0.1) is 0 Å². The van der Waals surface area contributed by atoms with E-state index in [9.17, 15) is 9.59 Å². The Kier molecular flexibility index (Phi) is 6.80. The van der Waals surface area contributed by atoms with E-state index in [0.717, 1.165) is 19.3 Å². The Labute approximate surface area is 85.4 Å². The number of carbonyl (C=O) groups excluding carboxylic acids is 2. The first-order valence-corrected chi connectivity index (χ1v) is 5.17. The molecule has 0 aromatic carbocycles. The summed E-state index contributed by atoms with van der Waals surface area (Å²) in [5, 5.41) is 0. The fourth-order valence-corrected chi connectivity index (χ4v) is 1.24. The van der Waals surface area contributed by atoms with Crippen molar-refractivity contribution < 1.29 is 9.59 Å². The second-order valence-electron chi connectivity index (χ2n) is 3.39. The standard InChI is InChI=1S/C10H20N2O2/c1-3-5-6-10(14)12(7-4-2)8-9(11)13/h3-8H2,1-2H3,(H2,11,13). The maximum Gasteiger partial charge on any atom is 0.237 e. The minimum absolute atomic E-state index is 0.0347. The van der Waals surface area contributed by atoms with Crippen LogP contribution in [0.4, 0.5) is 0 Å². The van der Waals surface area contributed by atoms with Crippen molar-refractivity contribution in [1.29, 1.82) is 0 Å². The van der Waals surface area contributed by atoms with Crippen LogP contribution in [0.5, 0.6) is 0 Å². The summed E-state index contributed by atoms with van der Waals surface area (Å²) in [7, 11) is 0. The van der Waals surface area contributed by atoms with E-state index in [-0.39, 0.29) is 12.5 Å². The van der Waals surface area contributed by atoms with Crippen LogP contribution >= 0.6 is 0 Å². The Morgan fingerprint density at radius 2 is 1.86 bits per heavy atom. The zero-order valence-electron chi connectivity index (χ0n) is 9.08. The first-order chi connectivity index (χ1) is 6.61. The average Bonchev–Trinajstić information content (AvgIpc) is 2.13. The number of amides is 2. The van der Waals surface area contributed by atoms with E-state index in [1.807, 2.05) is 13.8 Å². The molecule has 0 spiro atoms. The number of primary amides is 1. The molecule has 14 heavy (non-hydrogen) atoms. The van der Waals surface area contributed by atoms with Gasteiger partial charge in [-0.25, -0.2) is 0 Å². The van der Waals surface area contributed by atoms with Gasteiger partial charge in [-0.1, -0.05) is 20.3 Å². The smallest absolute Gasteiger partial charge is 0.237 e. The molecule has 0 radical (unpaired) electrons. The Bertz CT molecular complexity index is 193. The van der Waals surface area contributed by atoms with Crippen LogP contribution < -0.4 is 5.73 Å². The third-order valence-corrected chi connectivity index (χ3v) is 1.94. The van der Waals surface area contributed by atoms with Crippen molar-refractivity contribution >= 4 is 11.8 Å². The van der Waals surface area contributed by atoms with E-state index in [0.29, 0.717) is 13.0 Å². The molecular formula is C10H20N2O2. The van der Waals surface area contributed by atoms with Crippen LogP contribution in [0.15, 0.2) is 0 Å². The average molecular weight is 200 g/mol. The second-order valence-corrected chi connectivity index (χ2v) is 3.39. The molecule has 0 bridgehead atoms. The van der Waals surface area contributed by atoms with Gasteiger partial charge in [-0.15, -0.1) is 0 Å². The van der Waals surface area contributed by atoms with Gasteiger partial charge in [-0.05, 0) is 12.8 Å². The Hall–Kier alpha value is -1.06. The van der Waals surface area contributed by atoms with Gasteiger partial charge in [0.1, 0.15) is 0 Å². The largest absolute Gasteiger partial charge is 0.368 e. The third-order valence-electron chi connectivity index (χ3n) is 1.94. The Balaban J connectivity index is 4.03. The highest BCUT2D eigenvalue weighted by Gasteiger charge is 2.13. The van der Waals surface area contributed by atoms with Gasteiger partial charge in [0, 0.05) is 13.0 Å². The van der Waals surface area contributed by atoms with Crippen LogP contribution in [0.1, 0.15) is 39.5 Å². The van der Waals surface area contributed by atoms with E-state index in [1.54, 1.807) is 0 Å². The van der Waals surface area contributed by atoms with Crippen molar-refractivity contribution in [2.24, 2.45) is 5.73 Å². The van der Waals surface area contributed by atoms with E-state index in [1.165, 1.54) is 4.90 Å². The zero-order valence-corrected chi connectivity index (χ0v) is 9.08. The second kappa shape index (κ2) is 7.35. The van der Waals surface area contributed by atoms with E-state index in [2.05, 4.69) is 0 Å². The molecule has 0 unspecified atom stereocenters. The number of carbonyl (C=O) groups is 2. The summed E-state index contributed by atoms with van der Waals surface area (Å²) in [4.78, 5) is 23.8. The molecular weight excluding hydrogens is 180 g/mol. The fourth-order valence-electron chi connectivity index (χ4n) is 1.24. The zero-order chi connectivity index (χ0) is 11.0. The summed E-state index contributed by atoms with van der Waals surface area (Å²) in [5.41, 5.74) is 5.06. The van der Waals surface area contributed by atoms with Crippen LogP contribution in [0.2, 0.25) is 0 Å². The molecule has 0 heterocycles. The number of unbranched alkanes of at least 4 members (excludes halogenated alkanes) is 1. The molecule has 0 saturated heterocycles. The number of nitrogens with two attached hydrogens (primary N) is 1. The Morgan fingerprint density at radius 3 is 2.29 bits per heavy atom. The van der Waals surface area contributed by atoms with Crippen molar-refractivity contribution in [2.45, 2.75) is 39.5 Å². The van der Waals surface area contributed by atoms with Gasteiger partial charge in [-0.2, -0.15) is 0 Å². The predicted molar refractivity (Wildman–Crippen MR) is 55.6 cm³/mol. The van der Waals surface area contributed by atoms with Crippen LogP contribution in [0.25, 0.3) is 0 Å². The summed E-state index contributed by atoms with van der Waals surface area (Å²) in [6, 6.07) is 0. The molecule has 0 aromatic heterocycles. The molecule has 0 aliphatic heterocycles. The molecule has 2 amide bonds. The number of rotatable bonds is 7. The fraction of sp³-hybridized carbons (Fsp3) is 0.800. The summed E-state index contributed by atoms with van der Waals surface area (Å²) in [6.07, 6.45) is 3.23. The molecule has 4 heteroatoms. The maximum atomic E-state index is 11.5. The topological polar surface area (TPSA) is 63.4 Å². The van der Waals surface area contributed by atoms with Gasteiger partial charge < -0.3 is 10.6 Å². The third kappa shape index (κ3) is 5.56. The first kappa shape index (κ1) is 12.9. The minimum atomic E-state index is -0.441. The predicted octanol–water partition coefficient (Wildman–Crippen LogP) is 0.901. The number of hydrogen-bond donors (Lipinski definition) is 1. The summed E-state index contributed by atoms with van der Waals surface area (Å²) in [6.45, 7) is 4.68. The lowest BCUT2D eigenvalue weighted by Gasteiger charge is -2.20. The molecule has 4 nitrogen and oxygen atoms in total. The summed E-state index contributed by atoms with van der Waals surface area (Å²) in [5.74, 6) is -0.407. The molecule has 0 fully saturated rings. The van der Waals surface area contributed by atoms with Crippen LogP contribution in [0.3, 0.4) is 0 Å². The molecule has 0 aliphatic rings. The van der Waals surface area contributed by atoms with Gasteiger partial charge in [0.05, 0.1) is 6.54 Å². The lowest BCUT2D eigenvalue weighted by atomic mass is 10.2. The van der Waals surface area contributed by atoms with Crippen molar-refractivity contribution in [3.63, 3.8) is 0 Å². The molecule has 0 aliphatic carbocycles. The lowest BCUT2D eigenvalue weighted by molar-refractivity contribution is -0.135. The minimum Gasteiger partial charge on any atom is -0.368 e. The monoisotopic (exact) mass is 200 g/mol. The van der Waals surface area contributed by atoms with Crippen LogP contribution in [-0.2, 0) is 9.59 Å². The van der Waals surface area contributed by atoms with Crippen molar-refractivity contribution in [3.8, 4) is 0 Å². The van der Waals surface area contributed by atoms with Crippen molar-refractivity contribution in [2.75, 3.05) is 13.1 Å². The van der Waals surface area contributed by atoms with Gasteiger partial charge in [0.25, 0.3) is 0 Å². The van der Waals surface area contributed by atoms with E-state index in [4.69, 9.17) is 5.73 Å². The maximum absolute atomic E-state index is 11.5. The molecule has 0 saturated carbocycles. The van der Waals surface area contributed by atoms with Gasteiger partial charge in [0.15, 0.2) is 0 Å². The SMILES string of the molecule is CCCCC(=O)N(CCC)CC(N)=O. The molecule has 2 N–H and O–H groups in total. The first-order valence-electron chi connectivity index (χ1n) is 5.17. The van der Waals surface area contributed by atoms with E-state index < -0.39 is 5.91 Å². The highest BCUT2D eigenvalue weighted by Crippen LogP contribution is 2.01. The van der Waals surface area contributed by atoms with E-state index >= 15 is 0 Å². The quantitative estimate of drug-likeness (QED) is 0.663. The molecule has 82 valence electrons. The number of nitrogens with zero attached hydrogens (tertiary/aromatic N) is 1.